The molecule has 0 radical (unpaired) electrons. The van der Waals surface area contributed by atoms with E-state index in [1.165, 1.54) is 35.2 Å². The van der Waals surface area contributed by atoms with Crippen molar-refractivity contribution in [3.63, 3.8) is 0 Å². The summed E-state index contributed by atoms with van der Waals surface area (Å²) < 4.78 is 5.87. The zero-order valence-corrected chi connectivity index (χ0v) is 16.6. The Morgan fingerprint density at radius 1 is 0.964 bits per heavy atom. The number of hydrogen-bond donors (Lipinski definition) is 1. The largest absolute Gasteiger partial charge is 0.490 e. The molecule has 0 atom stereocenters. The Bertz CT molecular complexity index is 930. The summed E-state index contributed by atoms with van der Waals surface area (Å²) in [7, 11) is 0. The average Bonchev–Trinajstić information content (AvgIpc) is 2.73. The van der Waals surface area contributed by atoms with Gasteiger partial charge in [-0.1, -0.05) is 48.0 Å². The SMILES string of the molecule is Clc1cc(Cc2ccccc2)ccc1OCCNc1ncnc2c1CCCC2. The van der Waals surface area contributed by atoms with E-state index in [1.54, 1.807) is 6.33 Å². The molecule has 1 heterocycles. The highest BCUT2D eigenvalue weighted by Crippen LogP contribution is 2.27. The van der Waals surface area contributed by atoms with Crippen LogP contribution < -0.4 is 10.1 Å². The number of nitrogens with zero attached hydrogens (tertiary/aromatic N) is 2. The molecule has 0 bridgehead atoms. The Kier molecular flexibility index (Phi) is 6.07. The van der Waals surface area contributed by atoms with Crippen LogP contribution in [-0.2, 0) is 19.3 Å². The molecule has 4 rings (SSSR count). The summed E-state index contributed by atoms with van der Waals surface area (Å²) in [5.74, 6) is 1.66. The molecule has 5 heteroatoms. The Morgan fingerprint density at radius 2 is 1.82 bits per heavy atom. The van der Waals surface area contributed by atoms with E-state index in [0.29, 0.717) is 23.9 Å². The summed E-state index contributed by atoms with van der Waals surface area (Å²) in [6, 6.07) is 16.4. The second-order valence-corrected chi connectivity index (χ2v) is 7.46. The third kappa shape index (κ3) is 4.63. The van der Waals surface area contributed by atoms with E-state index in [-0.39, 0.29) is 0 Å². The van der Waals surface area contributed by atoms with Gasteiger partial charge in [-0.05, 0) is 55.4 Å². The fourth-order valence-electron chi connectivity index (χ4n) is 3.61. The van der Waals surface area contributed by atoms with Gasteiger partial charge in [-0.2, -0.15) is 0 Å². The zero-order valence-electron chi connectivity index (χ0n) is 15.8. The van der Waals surface area contributed by atoms with E-state index in [9.17, 15) is 0 Å². The van der Waals surface area contributed by atoms with Crippen LogP contribution in [0.3, 0.4) is 0 Å². The summed E-state index contributed by atoms with van der Waals surface area (Å²) in [6.07, 6.45) is 7.03. The highest BCUT2D eigenvalue weighted by atomic mass is 35.5. The monoisotopic (exact) mass is 393 g/mol. The standard InChI is InChI=1S/C23H24ClN3O/c24-20-15-18(14-17-6-2-1-3-7-17)10-11-22(20)28-13-12-25-23-19-8-4-5-9-21(19)26-16-27-23/h1-3,6-7,10-11,15-16H,4-5,8-9,12-14H2,(H,25,26,27). The molecule has 2 aromatic carbocycles. The van der Waals surface area contributed by atoms with Crippen molar-refractivity contribution in [1.29, 1.82) is 0 Å². The van der Waals surface area contributed by atoms with Gasteiger partial charge in [0.2, 0.25) is 0 Å². The normalized spacial score (nSPS) is 13.0. The van der Waals surface area contributed by atoms with Crippen LogP contribution in [0.25, 0.3) is 0 Å². The van der Waals surface area contributed by atoms with Crippen LogP contribution in [0, 0.1) is 0 Å². The smallest absolute Gasteiger partial charge is 0.137 e. The highest BCUT2D eigenvalue weighted by Gasteiger charge is 2.15. The number of anilines is 1. The average molecular weight is 394 g/mol. The lowest BCUT2D eigenvalue weighted by atomic mass is 9.96. The van der Waals surface area contributed by atoms with Crippen LogP contribution in [-0.4, -0.2) is 23.1 Å². The van der Waals surface area contributed by atoms with Crippen LogP contribution in [0.1, 0.15) is 35.2 Å². The molecule has 1 aliphatic carbocycles. The fourth-order valence-corrected chi connectivity index (χ4v) is 3.86. The number of nitrogens with one attached hydrogen (secondary N) is 1. The molecule has 144 valence electrons. The molecule has 0 amide bonds. The molecular formula is C23H24ClN3O. The quantitative estimate of drug-likeness (QED) is 0.568. The van der Waals surface area contributed by atoms with Gasteiger partial charge >= 0.3 is 0 Å². The summed E-state index contributed by atoms with van der Waals surface area (Å²) in [4.78, 5) is 8.81. The first-order valence-electron chi connectivity index (χ1n) is 9.81. The molecular weight excluding hydrogens is 370 g/mol. The van der Waals surface area contributed by atoms with Gasteiger partial charge in [0, 0.05) is 11.3 Å². The number of hydrogen-bond acceptors (Lipinski definition) is 4. The fraction of sp³-hybridized carbons (Fsp3) is 0.304. The topological polar surface area (TPSA) is 47.0 Å². The second kappa shape index (κ2) is 9.07. The third-order valence-corrected chi connectivity index (χ3v) is 5.32. The van der Waals surface area contributed by atoms with E-state index in [0.717, 1.165) is 25.1 Å². The molecule has 28 heavy (non-hydrogen) atoms. The van der Waals surface area contributed by atoms with Crippen LogP contribution in [0.4, 0.5) is 5.82 Å². The molecule has 0 saturated heterocycles. The molecule has 1 aromatic heterocycles. The third-order valence-electron chi connectivity index (χ3n) is 5.02. The van der Waals surface area contributed by atoms with Crippen LogP contribution >= 0.6 is 11.6 Å². The first-order chi connectivity index (χ1) is 13.8. The number of ether oxygens (including phenoxy) is 1. The lowest BCUT2D eigenvalue weighted by Gasteiger charge is -2.18. The van der Waals surface area contributed by atoms with Gasteiger partial charge in [-0.25, -0.2) is 9.97 Å². The van der Waals surface area contributed by atoms with E-state index >= 15 is 0 Å². The second-order valence-electron chi connectivity index (χ2n) is 7.06. The summed E-state index contributed by atoms with van der Waals surface area (Å²) >= 11 is 6.42. The predicted octanol–water partition coefficient (Wildman–Crippen LogP) is 5.09. The Morgan fingerprint density at radius 3 is 2.68 bits per heavy atom. The lowest BCUT2D eigenvalue weighted by molar-refractivity contribution is 0.333. The van der Waals surface area contributed by atoms with Gasteiger partial charge in [-0.15, -0.1) is 0 Å². The van der Waals surface area contributed by atoms with E-state index in [1.807, 2.05) is 18.2 Å². The summed E-state index contributed by atoms with van der Waals surface area (Å²) in [5, 5.41) is 4.03. The molecule has 1 N–H and O–H groups in total. The Balaban J connectivity index is 1.31. The summed E-state index contributed by atoms with van der Waals surface area (Å²) in [5.41, 5.74) is 4.89. The minimum Gasteiger partial charge on any atom is -0.490 e. The van der Waals surface area contributed by atoms with Gasteiger partial charge < -0.3 is 10.1 Å². The molecule has 4 nitrogen and oxygen atoms in total. The van der Waals surface area contributed by atoms with E-state index in [2.05, 4.69) is 45.6 Å². The first-order valence-corrected chi connectivity index (χ1v) is 10.2. The highest BCUT2D eigenvalue weighted by molar-refractivity contribution is 6.32. The van der Waals surface area contributed by atoms with E-state index in [4.69, 9.17) is 16.3 Å². The number of aromatic nitrogens is 2. The van der Waals surface area contributed by atoms with Gasteiger partial charge in [0.15, 0.2) is 0 Å². The molecule has 3 aromatic rings. The van der Waals surface area contributed by atoms with Crippen LogP contribution in [0.15, 0.2) is 54.9 Å². The van der Waals surface area contributed by atoms with Crippen molar-refractivity contribution in [1.82, 2.24) is 9.97 Å². The Labute approximate surface area is 171 Å². The maximum Gasteiger partial charge on any atom is 0.137 e. The van der Waals surface area contributed by atoms with Crippen molar-refractivity contribution in [3.05, 3.63) is 82.3 Å². The minimum atomic E-state index is 0.524. The van der Waals surface area contributed by atoms with Crippen molar-refractivity contribution < 1.29 is 4.74 Å². The number of fused-ring (bicyclic) bond motifs is 1. The zero-order chi connectivity index (χ0) is 19.2. The van der Waals surface area contributed by atoms with Crippen molar-refractivity contribution in [2.24, 2.45) is 0 Å². The molecule has 0 spiro atoms. The molecule has 0 fully saturated rings. The number of aryl methyl sites for hydroxylation is 1. The van der Waals surface area contributed by atoms with Gasteiger partial charge in [0.05, 0.1) is 11.6 Å². The van der Waals surface area contributed by atoms with Crippen LogP contribution in [0.2, 0.25) is 5.02 Å². The first kappa shape index (κ1) is 18.8. The van der Waals surface area contributed by atoms with E-state index < -0.39 is 0 Å². The number of benzene rings is 2. The van der Waals surface area contributed by atoms with Crippen molar-refractivity contribution in [2.45, 2.75) is 32.1 Å². The van der Waals surface area contributed by atoms with Gasteiger partial charge in [0.1, 0.15) is 24.5 Å². The lowest BCUT2D eigenvalue weighted by Crippen LogP contribution is -2.16. The molecule has 0 unspecified atom stereocenters. The Hall–Kier alpha value is -2.59. The minimum absolute atomic E-state index is 0.524. The maximum atomic E-state index is 6.42. The maximum absolute atomic E-state index is 6.42. The van der Waals surface area contributed by atoms with Crippen molar-refractivity contribution in [3.8, 4) is 5.75 Å². The summed E-state index contributed by atoms with van der Waals surface area (Å²) in [6.45, 7) is 1.20. The van der Waals surface area contributed by atoms with Crippen LogP contribution in [0.5, 0.6) is 5.75 Å². The predicted molar refractivity (Wildman–Crippen MR) is 113 cm³/mol. The molecule has 1 aliphatic rings. The number of halogens is 1. The van der Waals surface area contributed by atoms with Crippen molar-refractivity contribution in [2.75, 3.05) is 18.5 Å². The van der Waals surface area contributed by atoms with Gasteiger partial charge in [-0.3, -0.25) is 0 Å². The molecule has 0 aliphatic heterocycles. The van der Waals surface area contributed by atoms with Crippen molar-refractivity contribution >= 4 is 17.4 Å². The molecule has 0 saturated carbocycles. The van der Waals surface area contributed by atoms with Gasteiger partial charge in [0.25, 0.3) is 0 Å². The number of rotatable bonds is 7.